The van der Waals surface area contributed by atoms with Crippen LogP contribution in [0.4, 0.5) is 0 Å². The highest BCUT2D eigenvalue weighted by molar-refractivity contribution is 6.26. The minimum atomic E-state index is 0.0145. The fourth-order valence-electron chi connectivity index (χ4n) is 7.85. The van der Waals surface area contributed by atoms with Gasteiger partial charge in [-0.05, 0) is 75.3 Å². The average Bonchev–Trinajstić information content (AvgIpc) is 3.77. The van der Waals surface area contributed by atoms with E-state index < -0.39 is 0 Å². The summed E-state index contributed by atoms with van der Waals surface area (Å²) >= 11 is 0. The maximum Gasteiger partial charge on any atom is 0.179 e. The van der Waals surface area contributed by atoms with Crippen LogP contribution in [0.15, 0.2) is 171 Å². The zero-order chi connectivity index (χ0) is 33.9. The van der Waals surface area contributed by atoms with Crippen LogP contribution in [0.3, 0.4) is 0 Å². The van der Waals surface area contributed by atoms with Crippen molar-refractivity contribution >= 4 is 72.3 Å². The van der Waals surface area contributed by atoms with E-state index in [1.807, 2.05) is 54.6 Å². The largest absolute Gasteiger partial charge is 0.456 e. The van der Waals surface area contributed by atoms with E-state index >= 15 is 0 Å². The molecular weight excluding hydrogens is 627 g/mol. The van der Waals surface area contributed by atoms with Crippen molar-refractivity contribution in [3.8, 4) is 11.1 Å². The molecule has 1 atom stereocenters. The Morgan fingerprint density at radius 3 is 2.12 bits per heavy atom. The van der Waals surface area contributed by atoms with Crippen molar-refractivity contribution in [2.24, 2.45) is 21.9 Å². The number of hydrogen-bond acceptors (Lipinski definition) is 4. The topological polar surface area (TPSA) is 77.0 Å². The Hall–Kier alpha value is -6.72. The lowest BCUT2D eigenvalue weighted by Gasteiger charge is -2.22. The summed E-state index contributed by atoms with van der Waals surface area (Å²) in [5.41, 5.74) is 10.6. The fourth-order valence-corrected chi connectivity index (χ4v) is 7.85. The van der Waals surface area contributed by atoms with Crippen molar-refractivity contribution in [2.75, 3.05) is 0 Å². The zero-order valence-electron chi connectivity index (χ0n) is 27.6. The summed E-state index contributed by atoms with van der Waals surface area (Å²) in [5, 5.41) is 10.8. The molecule has 1 unspecified atom stereocenters. The van der Waals surface area contributed by atoms with Gasteiger partial charge in [0.1, 0.15) is 22.3 Å². The Morgan fingerprint density at radius 1 is 0.588 bits per heavy atom. The van der Waals surface area contributed by atoms with Gasteiger partial charge in [0, 0.05) is 33.0 Å². The Morgan fingerprint density at radius 2 is 1.25 bits per heavy atom. The van der Waals surface area contributed by atoms with Gasteiger partial charge in [-0.2, -0.15) is 5.10 Å². The molecule has 9 aromatic rings. The normalized spacial score (nSPS) is 15.0. The smallest absolute Gasteiger partial charge is 0.179 e. The molecule has 2 aromatic heterocycles. The van der Waals surface area contributed by atoms with Gasteiger partial charge in [-0.3, -0.25) is 0 Å². The number of hydrazone groups is 1. The molecule has 0 aliphatic heterocycles. The predicted molar refractivity (Wildman–Crippen MR) is 210 cm³/mol. The zero-order valence-corrected chi connectivity index (χ0v) is 27.6. The Kier molecular flexibility index (Phi) is 6.71. The number of furan rings is 2. The molecule has 1 aliphatic rings. The van der Waals surface area contributed by atoms with Crippen LogP contribution in [0.2, 0.25) is 0 Å². The summed E-state index contributed by atoms with van der Waals surface area (Å²) in [5.74, 6) is 6.78. The number of rotatable bonds is 4. The monoisotopic (exact) mass is 657 g/mol. The van der Waals surface area contributed by atoms with Crippen molar-refractivity contribution in [1.82, 2.24) is 0 Å². The Balaban J connectivity index is 1.20. The van der Waals surface area contributed by atoms with Gasteiger partial charge in [-0.1, -0.05) is 127 Å². The van der Waals surface area contributed by atoms with E-state index in [1.165, 1.54) is 16.5 Å². The Labute approximate surface area is 293 Å². The number of nitrogens with two attached hydrogens (primary N) is 1. The van der Waals surface area contributed by atoms with Gasteiger partial charge >= 0.3 is 0 Å². The lowest BCUT2D eigenvalue weighted by Crippen LogP contribution is -2.21. The van der Waals surface area contributed by atoms with Crippen LogP contribution in [-0.2, 0) is 6.42 Å². The highest BCUT2D eigenvalue weighted by Gasteiger charge is 2.24. The molecule has 1 aliphatic carbocycles. The molecular formula is C46H31N3O2. The van der Waals surface area contributed by atoms with Crippen molar-refractivity contribution < 1.29 is 8.83 Å². The number of fused-ring (bicyclic) bond motifs is 8. The third-order valence-corrected chi connectivity index (χ3v) is 10.2. The quantitative estimate of drug-likeness (QED) is 0.0885. The lowest BCUT2D eigenvalue weighted by molar-refractivity contribution is 0.668. The van der Waals surface area contributed by atoms with Gasteiger partial charge in [0.15, 0.2) is 5.84 Å². The maximum atomic E-state index is 6.55. The van der Waals surface area contributed by atoms with Crippen molar-refractivity contribution in [2.45, 2.75) is 6.42 Å². The number of hydrogen-bond donors (Lipinski definition) is 1. The molecule has 0 amide bonds. The number of allylic oxidation sites excluding steroid dienone is 1. The second kappa shape index (κ2) is 11.7. The molecule has 0 fully saturated rings. The van der Waals surface area contributed by atoms with Crippen LogP contribution in [0.1, 0.15) is 22.3 Å². The highest BCUT2D eigenvalue weighted by Crippen LogP contribution is 2.43. The van der Waals surface area contributed by atoms with Crippen LogP contribution >= 0.6 is 0 Å². The van der Waals surface area contributed by atoms with E-state index in [1.54, 1.807) is 0 Å². The summed E-state index contributed by atoms with van der Waals surface area (Å²) in [6.07, 6.45) is 5.28. The summed E-state index contributed by atoms with van der Waals surface area (Å²) in [4.78, 5) is 5.39. The SMILES string of the molecule is N/N=C(\N=C(c1ccc2ccccc2c1)C1C=Cc2ccccc2C1)c1cccc2oc3cccc(-c4cccc5oc6ccccc6c45)c3c12. The molecule has 10 rings (SSSR count). The standard InChI is InChI=1S/C46H31N3O2/c47-49-46(48-45(32-24-22-28-10-1-3-12-30(28)26-32)33-25-23-29-11-2-4-13-31(29)27-33)37-17-9-21-41-44(37)43-35(16-8-20-40(43)51-41)34-15-7-19-39-42(34)36-14-5-6-18-38(36)50-39/h1-26,33H,27,47H2/b48-45?,49-46-. The molecule has 0 saturated heterocycles. The molecule has 0 saturated carbocycles. The summed E-state index contributed by atoms with van der Waals surface area (Å²) in [6, 6.07) is 50.2. The second-order valence-electron chi connectivity index (χ2n) is 13.1. The van der Waals surface area contributed by atoms with E-state index in [0.717, 1.165) is 83.6 Å². The second-order valence-corrected chi connectivity index (χ2v) is 13.1. The number of para-hydroxylation sites is 1. The van der Waals surface area contributed by atoms with Gasteiger partial charge < -0.3 is 14.7 Å². The number of benzene rings is 7. The number of nitrogens with zero attached hydrogens (tertiary/aromatic N) is 2. The minimum Gasteiger partial charge on any atom is -0.456 e. The highest BCUT2D eigenvalue weighted by atomic mass is 16.3. The molecule has 2 heterocycles. The molecule has 51 heavy (non-hydrogen) atoms. The van der Waals surface area contributed by atoms with Crippen LogP contribution in [0.5, 0.6) is 0 Å². The number of aliphatic imine (C=N–C) groups is 1. The molecule has 0 bridgehead atoms. The first-order valence-electron chi connectivity index (χ1n) is 17.2. The first-order chi connectivity index (χ1) is 25.2. The van der Waals surface area contributed by atoms with Crippen molar-refractivity contribution in [3.05, 3.63) is 174 Å². The van der Waals surface area contributed by atoms with Gasteiger partial charge in [-0.25, -0.2) is 4.99 Å². The average molecular weight is 658 g/mol. The van der Waals surface area contributed by atoms with E-state index in [2.05, 4.69) is 108 Å². The Bertz CT molecular complexity index is 2920. The fraction of sp³-hybridized carbons (Fsp3) is 0.0435. The van der Waals surface area contributed by atoms with E-state index in [-0.39, 0.29) is 5.92 Å². The minimum absolute atomic E-state index is 0.0145. The third kappa shape index (κ3) is 4.77. The van der Waals surface area contributed by atoms with Crippen LogP contribution in [0, 0.1) is 5.92 Å². The maximum absolute atomic E-state index is 6.55. The molecule has 242 valence electrons. The van der Waals surface area contributed by atoms with Crippen molar-refractivity contribution in [3.63, 3.8) is 0 Å². The molecule has 0 radical (unpaired) electrons. The lowest BCUT2D eigenvalue weighted by atomic mass is 9.84. The molecule has 2 N–H and O–H groups in total. The predicted octanol–water partition coefficient (Wildman–Crippen LogP) is 11.3. The first-order valence-corrected chi connectivity index (χ1v) is 17.2. The number of amidine groups is 1. The van der Waals surface area contributed by atoms with E-state index in [0.29, 0.717) is 5.84 Å². The third-order valence-electron chi connectivity index (χ3n) is 10.2. The summed E-state index contributed by atoms with van der Waals surface area (Å²) in [7, 11) is 0. The van der Waals surface area contributed by atoms with Crippen molar-refractivity contribution in [1.29, 1.82) is 0 Å². The van der Waals surface area contributed by atoms with Gasteiger partial charge in [0.25, 0.3) is 0 Å². The molecule has 0 spiro atoms. The van der Waals surface area contributed by atoms with Crippen LogP contribution in [-0.4, -0.2) is 11.5 Å². The molecule has 5 nitrogen and oxygen atoms in total. The van der Waals surface area contributed by atoms with E-state index in [9.17, 15) is 0 Å². The molecule has 5 heteroatoms. The van der Waals surface area contributed by atoms with Gasteiger partial charge in [-0.15, -0.1) is 0 Å². The van der Waals surface area contributed by atoms with Crippen LogP contribution in [0.25, 0.3) is 71.9 Å². The summed E-state index contributed by atoms with van der Waals surface area (Å²) in [6.45, 7) is 0. The van der Waals surface area contributed by atoms with Crippen LogP contribution < -0.4 is 5.84 Å². The molecule has 7 aromatic carbocycles. The first kappa shape index (κ1) is 29.2. The van der Waals surface area contributed by atoms with Gasteiger partial charge in [0.2, 0.25) is 0 Å². The van der Waals surface area contributed by atoms with E-state index in [4.69, 9.17) is 19.7 Å². The summed E-state index contributed by atoms with van der Waals surface area (Å²) < 4.78 is 12.8. The van der Waals surface area contributed by atoms with Gasteiger partial charge in [0.05, 0.1) is 5.71 Å².